The monoisotopic (exact) mass is 201 g/mol. The number of hydrogen-bond acceptors (Lipinski definition) is 2. The number of thiophene rings is 1. The summed E-state index contributed by atoms with van der Waals surface area (Å²) in [6, 6.07) is 1.80. The Hall–Kier alpha value is -1.00. The second-order valence-electron chi connectivity index (χ2n) is 2.28. The first-order chi connectivity index (χ1) is 5.70. The standard InChI is InChI=1S/C7H4ClNO2S/c8-4-3-1-2-12-6(3)9-5(4)7(10)11/h1-2,9H,(H,10,11). The lowest BCUT2D eigenvalue weighted by molar-refractivity contribution is 0.0692. The molecular formula is C7H4ClNO2S. The van der Waals surface area contributed by atoms with Gasteiger partial charge in [0.1, 0.15) is 10.5 Å². The van der Waals surface area contributed by atoms with Gasteiger partial charge in [0, 0.05) is 5.39 Å². The van der Waals surface area contributed by atoms with Gasteiger partial charge < -0.3 is 10.1 Å². The summed E-state index contributed by atoms with van der Waals surface area (Å²) in [5.74, 6) is -1.02. The normalized spacial score (nSPS) is 10.8. The third kappa shape index (κ3) is 0.922. The number of carboxylic acid groups (broad SMARTS) is 1. The van der Waals surface area contributed by atoms with Crippen LogP contribution >= 0.6 is 22.9 Å². The van der Waals surface area contributed by atoms with E-state index >= 15 is 0 Å². The Morgan fingerprint density at radius 2 is 2.42 bits per heavy atom. The molecule has 0 amide bonds. The molecule has 0 unspecified atom stereocenters. The predicted octanol–water partition coefficient (Wildman–Crippen LogP) is 2.58. The largest absolute Gasteiger partial charge is 0.477 e. The molecule has 0 saturated heterocycles. The van der Waals surface area contributed by atoms with Crippen molar-refractivity contribution in [3.63, 3.8) is 0 Å². The first kappa shape index (κ1) is 7.64. The van der Waals surface area contributed by atoms with E-state index in [0.29, 0.717) is 5.02 Å². The molecule has 0 radical (unpaired) electrons. The van der Waals surface area contributed by atoms with Crippen molar-refractivity contribution in [2.45, 2.75) is 0 Å². The minimum atomic E-state index is -1.02. The highest BCUT2D eigenvalue weighted by Gasteiger charge is 2.15. The van der Waals surface area contributed by atoms with Crippen molar-refractivity contribution in [2.75, 3.05) is 0 Å². The molecule has 0 bridgehead atoms. The van der Waals surface area contributed by atoms with Crippen molar-refractivity contribution in [1.29, 1.82) is 0 Å². The van der Waals surface area contributed by atoms with Crippen molar-refractivity contribution in [3.8, 4) is 0 Å². The van der Waals surface area contributed by atoms with Gasteiger partial charge in [0.25, 0.3) is 0 Å². The summed E-state index contributed by atoms with van der Waals surface area (Å²) >= 11 is 7.22. The maximum Gasteiger partial charge on any atom is 0.353 e. The van der Waals surface area contributed by atoms with Crippen LogP contribution in [-0.4, -0.2) is 16.1 Å². The second-order valence-corrected chi connectivity index (χ2v) is 3.58. The third-order valence-electron chi connectivity index (χ3n) is 1.57. The van der Waals surface area contributed by atoms with Gasteiger partial charge in [-0.05, 0) is 11.4 Å². The van der Waals surface area contributed by atoms with Crippen molar-refractivity contribution < 1.29 is 9.90 Å². The topological polar surface area (TPSA) is 53.1 Å². The van der Waals surface area contributed by atoms with E-state index in [4.69, 9.17) is 16.7 Å². The second kappa shape index (κ2) is 2.50. The maximum absolute atomic E-state index is 10.6. The summed E-state index contributed by atoms with van der Waals surface area (Å²) in [6.07, 6.45) is 0. The van der Waals surface area contributed by atoms with Crippen LogP contribution in [-0.2, 0) is 0 Å². The van der Waals surface area contributed by atoms with Crippen molar-refractivity contribution in [3.05, 3.63) is 22.2 Å². The molecule has 62 valence electrons. The van der Waals surface area contributed by atoms with Crippen LogP contribution in [0.25, 0.3) is 10.2 Å². The van der Waals surface area contributed by atoms with Gasteiger partial charge in [-0.3, -0.25) is 0 Å². The summed E-state index contributed by atoms with van der Waals surface area (Å²) in [5.41, 5.74) is 0.0681. The highest BCUT2D eigenvalue weighted by Crippen LogP contribution is 2.30. The van der Waals surface area contributed by atoms with Crippen LogP contribution in [0.2, 0.25) is 5.02 Å². The van der Waals surface area contributed by atoms with Gasteiger partial charge >= 0.3 is 5.97 Å². The smallest absolute Gasteiger partial charge is 0.353 e. The van der Waals surface area contributed by atoms with Crippen LogP contribution in [0.4, 0.5) is 0 Å². The Labute approximate surface area is 76.6 Å². The fraction of sp³-hybridized carbons (Fsp3) is 0. The Kier molecular flexibility index (Phi) is 1.59. The van der Waals surface area contributed by atoms with Crippen LogP contribution in [0.15, 0.2) is 11.4 Å². The number of halogens is 1. The minimum Gasteiger partial charge on any atom is -0.477 e. The molecule has 3 nitrogen and oxygen atoms in total. The number of aromatic nitrogens is 1. The molecule has 0 atom stereocenters. The van der Waals surface area contributed by atoms with E-state index in [2.05, 4.69) is 4.98 Å². The van der Waals surface area contributed by atoms with E-state index in [1.807, 2.05) is 5.38 Å². The minimum absolute atomic E-state index is 0.0681. The molecule has 2 aromatic heterocycles. The number of rotatable bonds is 1. The highest BCUT2D eigenvalue weighted by atomic mass is 35.5. The summed E-state index contributed by atoms with van der Waals surface area (Å²) in [4.78, 5) is 14.1. The van der Waals surface area contributed by atoms with Crippen LogP contribution < -0.4 is 0 Å². The number of nitrogens with one attached hydrogen (secondary N) is 1. The highest BCUT2D eigenvalue weighted by molar-refractivity contribution is 7.16. The number of aromatic amines is 1. The zero-order valence-electron chi connectivity index (χ0n) is 5.80. The lowest BCUT2D eigenvalue weighted by atomic mass is 10.3. The number of fused-ring (bicyclic) bond motifs is 1. The molecule has 0 aliphatic carbocycles. The number of carbonyl (C=O) groups is 1. The molecule has 0 fully saturated rings. The van der Waals surface area contributed by atoms with Gasteiger partial charge in [-0.25, -0.2) is 4.79 Å². The fourth-order valence-corrected chi connectivity index (χ4v) is 2.17. The average molecular weight is 202 g/mol. The lowest BCUT2D eigenvalue weighted by Gasteiger charge is -1.87. The molecule has 5 heteroatoms. The molecule has 2 N–H and O–H groups in total. The van der Waals surface area contributed by atoms with Crippen LogP contribution in [0, 0.1) is 0 Å². The first-order valence-electron chi connectivity index (χ1n) is 3.18. The summed E-state index contributed by atoms with van der Waals surface area (Å²) < 4.78 is 0. The van der Waals surface area contributed by atoms with Gasteiger partial charge in [-0.15, -0.1) is 11.3 Å². The van der Waals surface area contributed by atoms with Crippen LogP contribution in [0.3, 0.4) is 0 Å². The van der Waals surface area contributed by atoms with E-state index in [-0.39, 0.29) is 5.69 Å². The van der Waals surface area contributed by atoms with Crippen molar-refractivity contribution in [1.82, 2.24) is 4.98 Å². The van der Waals surface area contributed by atoms with Crippen molar-refractivity contribution in [2.24, 2.45) is 0 Å². The quantitative estimate of drug-likeness (QED) is 0.745. The van der Waals surface area contributed by atoms with E-state index in [1.165, 1.54) is 11.3 Å². The lowest BCUT2D eigenvalue weighted by Crippen LogP contribution is -1.96. The van der Waals surface area contributed by atoms with Crippen LogP contribution in [0.5, 0.6) is 0 Å². The number of carboxylic acids is 1. The average Bonchev–Trinajstić information content (AvgIpc) is 2.53. The van der Waals surface area contributed by atoms with E-state index in [0.717, 1.165) is 10.2 Å². The molecule has 0 aliphatic rings. The SMILES string of the molecule is O=C(O)c1[nH]c2sccc2c1Cl. The molecule has 12 heavy (non-hydrogen) atoms. The van der Waals surface area contributed by atoms with Gasteiger partial charge in [0.15, 0.2) is 0 Å². The number of aromatic carboxylic acids is 1. The number of H-pyrrole nitrogens is 1. The fourth-order valence-electron chi connectivity index (χ4n) is 1.03. The molecule has 2 rings (SSSR count). The summed E-state index contributed by atoms with van der Waals surface area (Å²) in [7, 11) is 0. The maximum atomic E-state index is 10.6. The van der Waals surface area contributed by atoms with Gasteiger partial charge in [0.05, 0.1) is 5.02 Å². The molecule has 0 spiro atoms. The zero-order chi connectivity index (χ0) is 8.72. The summed E-state index contributed by atoms with van der Waals surface area (Å²) in [6.45, 7) is 0. The molecule has 0 aromatic carbocycles. The molecule has 0 saturated carbocycles. The molecule has 2 aromatic rings. The Bertz CT molecular complexity index is 445. The molecular weight excluding hydrogens is 198 g/mol. The zero-order valence-corrected chi connectivity index (χ0v) is 7.37. The Morgan fingerprint density at radius 3 is 3.00 bits per heavy atom. The van der Waals surface area contributed by atoms with Gasteiger partial charge in [-0.2, -0.15) is 0 Å². The van der Waals surface area contributed by atoms with Crippen LogP contribution in [0.1, 0.15) is 10.5 Å². The van der Waals surface area contributed by atoms with E-state index < -0.39 is 5.97 Å². The van der Waals surface area contributed by atoms with Gasteiger partial charge in [0.2, 0.25) is 0 Å². The van der Waals surface area contributed by atoms with Gasteiger partial charge in [-0.1, -0.05) is 11.6 Å². The predicted molar refractivity (Wildman–Crippen MR) is 48.1 cm³/mol. The molecule has 0 aliphatic heterocycles. The Morgan fingerprint density at radius 1 is 1.67 bits per heavy atom. The first-order valence-corrected chi connectivity index (χ1v) is 4.44. The number of hydrogen-bond donors (Lipinski definition) is 2. The summed E-state index contributed by atoms with van der Waals surface area (Å²) in [5, 5.41) is 11.6. The molecule has 2 heterocycles. The Balaban J connectivity index is 2.78. The van der Waals surface area contributed by atoms with E-state index in [1.54, 1.807) is 6.07 Å². The van der Waals surface area contributed by atoms with E-state index in [9.17, 15) is 4.79 Å². The third-order valence-corrected chi connectivity index (χ3v) is 2.80. The van der Waals surface area contributed by atoms with Crippen molar-refractivity contribution >= 4 is 39.1 Å².